The molecule has 3 aliphatic rings. The van der Waals surface area contributed by atoms with Gasteiger partial charge in [-0.3, -0.25) is 47.4 Å². The molecule has 4 heterocycles. The monoisotopic (exact) mass is 902 g/mol. The van der Waals surface area contributed by atoms with Crippen molar-refractivity contribution in [1.29, 1.82) is 0 Å². The maximum Gasteiger partial charge on any atom is 0.246 e. The van der Waals surface area contributed by atoms with Gasteiger partial charge in [-0.15, -0.1) is 0 Å². The molecule has 24 heteroatoms. The van der Waals surface area contributed by atoms with Gasteiger partial charge in [-0.2, -0.15) is 0 Å². The maximum absolute atomic E-state index is 14.5. The first kappa shape index (κ1) is 48.1. The van der Waals surface area contributed by atoms with Crippen LogP contribution in [0.2, 0.25) is 0 Å². The molecular formula is C39H54N10O13S. The third kappa shape index (κ3) is 11.5. The second-order valence-electron chi connectivity index (χ2n) is 16.0. The third-order valence-electron chi connectivity index (χ3n) is 11.5. The van der Waals surface area contributed by atoms with Gasteiger partial charge in [0.1, 0.15) is 41.3 Å². The fourth-order valence-electron chi connectivity index (χ4n) is 7.66. The van der Waals surface area contributed by atoms with Crippen LogP contribution in [0.5, 0.6) is 0 Å². The number of hydrogen-bond acceptors (Lipinski definition) is 13. The number of rotatable bonds is 7. The Morgan fingerprint density at radius 1 is 0.857 bits per heavy atom. The maximum atomic E-state index is 14.5. The van der Waals surface area contributed by atoms with Crippen molar-refractivity contribution in [3.05, 3.63) is 29.8 Å². The number of amides is 9. The van der Waals surface area contributed by atoms with Crippen LogP contribution < -0.4 is 43.0 Å². The molecule has 1 saturated heterocycles. The van der Waals surface area contributed by atoms with E-state index in [1.807, 2.05) is 0 Å². The van der Waals surface area contributed by atoms with Gasteiger partial charge in [0.25, 0.3) is 0 Å². The van der Waals surface area contributed by atoms with Crippen molar-refractivity contribution in [2.24, 2.45) is 17.6 Å². The minimum Gasteiger partial charge on any atom is -0.394 e. The van der Waals surface area contributed by atoms with E-state index in [-0.39, 0.29) is 10.6 Å². The molecule has 0 spiro atoms. The van der Waals surface area contributed by atoms with Crippen LogP contribution >= 0.6 is 0 Å². The highest BCUT2D eigenvalue weighted by atomic mass is 32.2. The molecule has 9 amide bonds. The molecule has 23 nitrogen and oxygen atoms in total. The average molecular weight is 903 g/mol. The fraction of sp³-hybridized carbons (Fsp3) is 0.564. The number of fused-ring (bicyclic) bond motifs is 5. The van der Waals surface area contributed by atoms with Crippen molar-refractivity contribution in [1.82, 2.24) is 47.1 Å². The van der Waals surface area contributed by atoms with Crippen LogP contribution in [-0.4, -0.2) is 163 Å². The van der Waals surface area contributed by atoms with E-state index in [1.54, 1.807) is 38.1 Å². The number of H-pyrrole nitrogens is 1. The Hall–Kier alpha value is -5.98. The summed E-state index contributed by atoms with van der Waals surface area (Å²) in [7, 11) is -2.29. The van der Waals surface area contributed by atoms with Crippen molar-refractivity contribution in [2.45, 2.75) is 99.9 Å². The summed E-state index contributed by atoms with van der Waals surface area (Å²) in [6.45, 7) is 1.90. The minimum atomic E-state index is -2.29. The van der Waals surface area contributed by atoms with Crippen LogP contribution in [0.25, 0.3) is 10.9 Å². The highest BCUT2D eigenvalue weighted by molar-refractivity contribution is 7.85. The second kappa shape index (κ2) is 20.9. The topological polar surface area (TPSA) is 361 Å². The summed E-state index contributed by atoms with van der Waals surface area (Å²) in [6, 6.07) is -3.18. The van der Waals surface area contributed by atoms with E-state index in [0.29, 0.717) is 17.3 Å². The molecule has 344 valence electrons. The number of carbonyl (C=O) groups is 9. The molecule has 5 rings (SSSR count). The van der Waals surface area contributed by atoms with Gasteiger partial charge in [-0.05, 0) is 17.5 Å². The van der Waals surface area contributed by atoms with Crippen LogP contribution in [0.1, 0.15) is 45.6 Å². The van der Waals surface area contributed by atoms with Crippen molar-refractivity contribution < 1.29 is 62.7 Å². The lowest BCUT2D eigenvalue weighted by Gasteiger charge is -2.32. The Balaban J connectivity index is 1.72. The van der Waals surface area contributed by atoms with Gasteiger partial charge < -0.3 is 68.2 Å². The molecule has 2 aromatic rings. The van der Waals surface area contributed by atoms with Gasteiger partial charge in [-0.1, -0.05) is 45.4 Å². The number of benzene rings is 1. The predicted octanol–water partition coefficient (Wildman–Crippen LogP) is -5.63. The number of primary amides is 1. The average Bonchev–Trinajstić information content (AvgIpc) is 3.83. The second-order valence-corrected chi connectivity index (χ2v) is 17.4. The highest BCUT2D eigenvalue weighted by Gasteiger charge is 2.45. The van der Waals surface area contributed by atoms with Gasteiger partial charge in [0.2, 0.25) is 53.2 Å². The summed E-state index contributed by atoms with van der Waals surface area (Å²) in [5.74, 6) is -11.4. The van der Waals surface area contributed by atoms with Crippen LogP contribution in [0.4, 0.5) is 0 Å². The first-order chi connectivity index (χ1) is 29.8. The zero-order valence-electron chi connectivity index (χ0n) is 34.8. The summed E-state index contributed by atoms with van der Waals surface area (Å²) in [4.78, 5) is 127. The Morgan fingerprint density at radius 3 is 2.19 bits per heavy atom. The zero-order valence-corrected chi connectivity index (χ0v) is 35.6. The molecule has 3 aliphatic heterocycles. The fourth-order valence-corrected chi connectivity index (χ4v) is 9.05. The standard InChI is InChI=1S/C39H54N10O13S/c1-4-17(2)31-36(59)42-12-29(54)43-25-16-63(62)38-21(20-7-5-6-8-22(20)46-38)10-23(33(56)41-13-30(55)47-31)44-37(60)32(18(3)27(52)15-50)48-35(58)26-9-19(51)14-49(26)39(61)24(11-28(40)53)45-34(25)57/h5-8,17-19,23-27,31-32,46,50-52H,4,9-16H2,1-3H3,(H2,40,53)(H,41,56)(H,42,59)(H,43,54)(H,44,60)(H,45,57)(H,47,55)(H,48,58)/t17?,18-,19-,23?,24?,25?,26?,27-,31?,32?,63-/m1/s1. The van der Waals surface area contributed by atoms with Gasteiger partial charge >= 0.3 is 0 Å². The van der Waals surface area contributed by atoms with Crippen molar-refractivity contribution in [3.63, 3.8) is 0 Å². The van der Waals surface area contributed by atoms with Crippen molar-refractivity contribution in [3.8, 4) is 0 Å². The van der Waals surface area contributed by atoms with Crippen LogP contribution in [0, 0.1) is 11.8 Å². The van der Waals surface area contributed by atoms with Crippen molar-refractivity contribution in [2.75, 3.05) is 32.0 Å². The largest absolute Gasteiger partial charge is 0.394 e. The molecule has 63 heavy (non-hydrogen) atoms. The SMILES string of the molecule is CCC(C)C1NC(=O)CNC(=O)C2Cc3c([nH]c4ccccc34)[S@](=O)CC(NC(=O)CNC1=O)C(=O)NC(CC(N)=O)C(=O)N1C[C@H](O)CC1C(=O)NC([C@H](C)[C@H](O)CO)C(=O)N2. The number of carbonyl (C=O) groups excluding carboxylic acids is 9. The van der Waals surface area contributed by atoms with Crippen LogP contribution in [-0.2, 0) is 60.4 Å². The Bertz CT molecular complexity index is 2150. The number of hydrogen-bond donors (Lipinski definition) is 12. The quantitative estimate of drug-likeness (QED) is 0.124. The molecule has 0 radical (unpaired) electrons. The van der Waals surface area contributed by atoms with E-state index >= 15 is 0 Å². The lowest BCUT2D eigenvalue weighted by molar-refractivity contribution is -0.144. The molecule has 0 saturated carbocycles. The predicted molar refractivity (Wildman–Crippen MR) is 221 cm³/mol. The van der Waals surface area contributed by atoms with Gasteiger partial charge in [0.15, 0.2) is 0 Å². The number of aromatic amines is 1. The van der Waals surface area contributed by atoms with E-state index in [0.717, 1.165) is 4.90 Å². The van der Waals surface area contributed by atoms with E-state index in [2.05, 4.69) is 42.2 Å². The van der Waals surface area contributed by atoms with Gasteiger partial charge in [0, 0.05) is 36.2 Å². The molecule has 1 aromatic carbocycles. The van der Waals surface area contributed by atoms with E-state index in [4.69, 9.17) is 5.73 Å². The molecule has 0 aliphatic carbocycles. The van der Waals surface area contributed by atoms with Crippen LogP contribution in [0.3, 0.4) is 0 Å². The Kier molecular flexibility index (Phi) is 16.0. The Morgan fingerprint density at radius 2 is 1.52 bits per heavy atom. The summed E-state index contributed by atoms with van der Waals surface area (Å²) in [5.41, 5.74) is 6.08. The zero-order chi connectivity index (χ0) is 46.3. The summed E-state index contributed by atoms with van der Waals surface area (Å²) < 4.78 is 14.5. The molecule has 1 fully saturated rings. The molecule has 11 atom stereocenters. The summed E-state index contributed by atoms with van der Waals surface area (Å²) in [6.07, 6.45) is -4.24. The first-order valence-corrected chi connectivity index (χ1v) is 21.7. The molecular weight excluding hydrogens is 849 g/mol. The smallest absolute Gasteiger partial charge is 0.246 e. The van der Waals surface area contributed by atoms with E-state index < -0.39 is 176 Å². The lowest BCUT2D eigenvalue weighted by Crippen LogP contribution is -2.62. The summed E-state index contributed by atoms with van der Waals surface area (Å²) in [5, 5.41) is 48.9. The van der Waals surface area contributed by atoms with Crippen molar-refractivity contribution >= 4 is 74.9 Å². The van der Waals surface area contributed by atoms with E-state index in [1.165, 1.54) is 6.92 Å². The number of nitrogens with two attached hydrogens (primary N) is 1. The van der Waals surface area contributed by atoms with Crippen LogP contribution in [0.15, 0.2) is 29.3 Å². The molecule has 13 N–H and O–H groups in total. The molecule has 1 aromatic heterocycles. The number of aliphatic hydroxyl groups is 3. The number of para-hydroxylation sites is 1. The molecule has 2 bridgehead atoms. The van der Waals surface area contributed by atoms with Gasteiger partial charge in [0.05, 0.1) is 54.9 Å². The first-order valence-electron chi connectivity index (χ1n) is 20.4. The number of aliphatic hydroxyl groups excluding tert-OH is 3. The normalized spacial score (nSPS) is 28.8. The third-order valence-corrected chi connectivity index (χ3v) is 12.9. The van der Waals surface area contributed by atoms with Gasteiger partial charge in [-0.25, -0.2) is 0 Å². The number of nitrogens with one attached hydrogen (secondary N) is 8. The number of aromatic nitrogens is 1. The minimum absolute atomic E-state index is 0.0625. The lowest BCUT2D eigenvalue weighted by atomic mass is 9.93. The molecule has 7 unspecified atom stereocenters. The Labute approximate surface area is 363 Å². The summed E-state index contributed by atoms with van der Waals surface area (Å²) >= 11 is 0. The van der Waals surface area contributed by atoms with E-state index in [9.17, 15) is 62.7 Å². The highest BCUT2D eigenvalue weighted by Crippen LogP contribution is 2.28. The number of nitrogens with zero attached hydrogens (tertiary/aromatic N) is 1.